The van der Waals surface area contributed by atoms with Gasteiger partial charge in [0.15, 0.2) is 0 Å². The van der Waals surface area contributed by atoms with Crippen LogP contribution in [0.3, 0.4) is 0 Å². The lowest BCUT2D eigenvalue weighted by Crippen LogP contribution is -2.44. The minimum Gasteiger partial charge on any atom is -0.381 e. The molecule has 1 amide bonds. The molecule has 2 fully saturated rings. The van der Waals surface area contributed by atoms with Crippen LogP contribution < -0.4 is 5.56 Å². The van der Waals surface area contributed by atoms with E-state index in [0.29, 0.717) is 24.2 Å². The molecule has 154 valence electrons. The average molecular weight is 396 g/mol. The van der Waals surface area contributed by atoms with Gasteiger partial charge < -0.3 is 14.6 Å². The van der Waals surface area contributed by atoms with Gasteiger partial charge in [-0.3, -0.25) is 14.6 Å². The van der Waals surface area contributed by atoms with Gasteiger partial charge in [-0.1, -0.05) is 0 Å². The normalized spacial score (nSPS) is 25.0. The lowest BCUT2D eigenvalue weighted by atomic mass is 9.85. The van der Waals surface area contributed by atoms with Crippen molar-refractivity contribution in [1.82, 2.24) is 19.9 Å². The molecule has 29 heavy (non-hydrogen) atoms. The van der Waals surface area contributed by atoms with E-state index in [9.17, 15) is 9.59 Å². The van der Waals surface area contributed by atoms with Crippen molar-refractivity contribution in [2.45, 2.75) is 50.5 Å². The number of pyridine rings is 1. The molecule has 0 radical (unpaired) electrons. The molecule has 0 aromatic carbocycles. The molecule has 7 nitrogen and oxygen atoms in total. The number of ether oxygens (including phenoxy) is 1. The van der Waals surface area contributed by atoms with E-state index in [1.807, 2.05) is 17.0 Å². The molecule has 0 spiro atoms. The van der Waals surface area contributed by atoms with Crippen molar-refractivity contribution in [1.29, 1.82) is 0 Å². The Morgan fingerprint density at radius 2 is 1.93 bits per heavy atom. The van der Waals surface area contributed by atoms with Crippen LogP contribution in [0.25, 0.3) is 11.3 Å². The van der Waals surface area contributed by atoms with Gasteiger partial charge in [-0.25, -0.2) is 4.98 Å². The second kappa shape index (κ2) is 8.86. The summed E-state index contributed by atoms with van der Waals surface area (Å²) in [5.41, 5.74) is 1.35. The summed E-state index contributed by atoms with van der Waals surface area (Å²) in [5.74, 6) is 1.06. The molecule has 0 bridgehead atoms. The predicted octanol–water partition coefficient (Wildman–Crippen LogP) is 2.74. The van der Waals surface area contributed by atoms with Crippen LogP contribution in [0, 0.1) is 5.92 Å². The van der Waals surface area contributed by atoms with Crippen LogP contribution in [0.4, 0.5) is 0 Å². The Morgan fingerprint density at radius 3 is 2.66 bits per heavy atom. The highest BCUT2D eigenvalue weighted by Crippen LogP contribution is 2.31. The molecule has 1 saturated carbocycles. The Hall–Kier alpha value is -2.54. The van der Waals surface area contributed by atoms with Crippen LogP contribution in [0.15, 0.2) is 35.4 Å². The molecule has 1 unspecified atom stereocenters. The number of amides is 1. The predicted molar refractivity (Wildman–Crippen MR) is 109 cm³/mol. The van der Waals surface area contributed by atoms with Gasteiger partial charge in [0, 0.05) is 56.1 Å². The number of carbonyl (C=O) groups is 1. The number of carbonyl (C=O) groups excluding carboxylic acids is 1. The molecule has 2 aliphatic rings. The molecule has 1 aliphatic heterocycles. The van der Waals surface area contributed by atoms with Crippen LogP contribution in [0.5, 0.6) is 0 Å². The lowest BCUT2D eigenvalue weighted by molar-refractivity contribution is -0.138. The lowest BCUT2D eigenvalue weighted by Gasteiger charge is -2.36. The van der Waals surface area contributed by atoms with Crippen LogP contribution in [-0.2, 0) is 9.53 Å². The number of nitrogens with zero attached hydrogens (tertiary/aromatic N) is 3. The smallest absolute Gasteiger partial charge is 0.251 e. The summed E-state index contributed by atoms with van der Waals surface area (Å²) in [4.78, 5) is 38.9. The number of nitrogens with one attached hydrogen (secondary N) is 1. The summed E-state index contributed by atoms with van der Waals surface area (Å²) < 4.78 is 5.43. The molecule has 2 aromatic rings. The van der Waals surface area contributed by atoms with Gasteiger partial charge in [0.25, 0.3) is 5.56 Å². The zero-order chi connectivity index (χ0) is 20.2. The van der Waals surface area contributed by atoms with Crippen LogP contribution in [0.2, 0.25) is 0 Å². The minimum atomic E-state index is -0.164. The number of aromatic nitrogens is 3. The fourth-order valence-electron chi connectivity index (χ4n) is 4.54. The number of H-pyrrole nitrogens is 1. The Bertz CT molecular complexity index is 890. The van der Waals surface area contributed by atoms with Gasteiger partial charge >= 0.3 is 0 Å². The highest BCUT2D eigenvalue weighted by Gasteiger charge is 2.33. The third-order valence-corrected chi connectivity index (χ3v) is 6.21. The van der Waals surface area contributed by atoms with E-state index in [-0.39, 0.29) is 23.3 Å². The van der Waals surface area contributed by atoms with E-state index < -0.39 is 0 Å². The van der Waals surface area contributed by atoms with E-state index >= 15 is 0 Å². The first-order chi connectivity index (χ1) is 14.1. The summed E-state index contributed by atoms with van der Waals surface area (Å²) >= 11 is 0. The number of rotatable bonds is 4. The molecule has 2 aromatic heterocycles. The third kappa shape index (κ3) is 4.56. The Balaban J connectivity index is 1.48. The maximum Gasteiger partial charge on any atom is 0.251 e. The second-order valence-electron chi connectivity index (χ2n) is 8.08. The van der Waals surface area contributed by atoms with Crippen LogP contribution in [0.1, 0.15) is 50.3 Å². The standard InChI is InChI=1S/C22H28N4O3/c1-29-18-6-4-16(5-7-18)22(28)26-12-2-3-17(14-26)21-24-19(13-20(27)25-21)15-8-10-23-11-9-15/h8-11,13,16-18H,2-7,12,14H2,1H3,(H,24,25,27). The first-order valence-electron chi connectivity index (χ1n) is 10.5. The third-order valence-electron chi connectivity index (χ3n) is 6.21. The number of piperidine rings is 1. The van der Waals surface area contributed by atoms with Crippen molar-refractivity contribution in [3.8, 4) is 11.3 Å². The van der Waals surface area contributed by atoms with Crippen molar-refractivity contribution in [2.75, 3.05) is 20.2 Å². The molecule has 1 saturated heterocycles. The number of aromatic amines is 1. The summed E-state index contributed by atoms with van der Waals surface area (Å²) in [6.07, 6.45) is 9.21. The highest BCUT2D eigenvalue weighted by molar-refractivity contribution is 5.79. The number of likely N-dealkylation sites (tertiary alicyclic amines) is 1. The first-order valence-corrected chi connectivity index (χ1v) is 10.5. The molecular weight excluding hydrogens is 368 g/mol. The van der Waals surface area contributed by atoms with E-state index in [1.165, 1.54) is 6.07 Å². The number of hydrogen-bond donors (Lipinski definition) is 1. The van der Waals surface area contributed by atoms with Crippen molar-refractivity contribution < 1.29 is 9.53 Å². The molecule has 1 aliphatic carbocycles. The molecule has 1 atom stereocenters. The van der Waals surface area contributed by atoms with Gasteiger partial charge in [0.05, 0.1) is 11.8 Å². The van der Waals surface area contributed by atoms with E-state index in [0.717, 1.165) is 50.6 Å². The van der Waals surface area contributed by atoms with E-state index in [2.05, 4.69) is 9.97 Å². The Morgan fingerprint density at radius 1 is 1.17 bits per heavy atom. The van der Waals surface area contributed by atoms with Crippen molar-refractivity contribution in [3.05, 3.63) is 46.8 Å². The topological polar surface area (TPSA) is 88.2 Å². The molecular formula is C22H28N4O3. The van der Waals surface area contributed by atoms with Gasteiger partial charge in [-0.05, 0) is 50.7 Å². The summed E-state index contributed by atoms with van der Waals surface area (Å²) in [6, 6.07) is 5.20. The molecule has 3 heterocycles. The van der Waals surface area contributed by atoms with Gasteiger partial charge in [-0.2, -0.15) is 0 Å². The Kier molecular flexibility index (Phi) is 6.04. The number of hydrogen-bond acceptors (Lipinski definition) is 5. The first kappa shape index (κ1) is 19.8. The quantitative estimate of drug-likeness (QED) is 0.858. The highest BCUT2D eigenvalue weighted by atomic mass is 16.5. The van der Waals surface area contributed by atoms with Gasteiger partial charge in [-0.15, -0.1) is 0 Å². The maximum absolute atomic E-state index is 13.1. The molecule has 4 rings (SSSR count). The van der Waals surface area contributed by atoms with E-state index in [4.69, 9.17) is 9.72 Å². The van der Waals surface area contributed by atoms with Crippen LogP contribution >= 0.6 is 0 Å². The maximum atomic E-state index is 13.1. The largest absolute Gasteiger partial charge is 0.381 e. The van der Waals surface area contributed by atoms with Gasteiger partial charge in [0.2, 0.25) is 5.91 Å². The van der Waals surface area contributed by atoms with Crippen molar-refractivity contribution >= 4 is 5.91 Å². The molecule has 7 heteroatoms. The summed E-state index contributed by atoms with van der Waals surface area (Å²) in [5, 5.41) is 0. The zero-order valence-electron chi connectivity index (χ0n) is 16.8. The Labute approximate surface area is 170 Å². The molecule has 1 N–H and O–H groups in total. The fraction of sp³-hybridized carbons (Fsp3) is 0.545. The number of methoxy groups -OCH3 is 1. The monoisotopic (exact) mass is 396 g/mol. The summed E-state index contributed by atoms with van der Waals surface area (Å²) in [6.45, 7) is 1.40. The summed E-state index contributed by atoms with van der Waals surface area (Å²) in [7, 11) is 1.75. The minimum absolute atomic E-state index is 0.0532. The van der Waals surface area contributed by atoms with Crippen molar-refractivity contribution in [2.24, 2.45) is 5.92 Å². The van der Waals surface area contributed by atoms with Crippen LogP contribution in [-0.4, -0.2) is 52.1 Å². The van der Waals surface area contributed by atoms with Gasteiger partial charge in [0.1, 0.15) is 5.82 Å². The van der Waals surface area contributed by atoms with E-state index in [1.54, 1.807) is 19.5 Å². The van der Waals surface area contributed by atoms with Crippen molar-refractivity contribution in [3.63, 3.8) is 0 Å². The zero-order valence-corrected chi connectivity index (χ0v) is 16.8. The SMILES string of the molecule is COC1CCC(C(=O)N2CCCC(c3nc(-c4ccncc4)cc(=O)[nH]3)C2)CC1. The average Bonchev–Trinajstić information content (AvgIpc) is 2.79. The second-order valence-corrected chi connectivity index (χ2v) is 8.08. The fourth-order valence-corrected chi connectivity index (χ4v) is 4.54.